The molecule has 0 radical (unpaired) electrons. The molecule has 0 saturated heterocycles. The molecule has 88 heavy (non-hydrogen) atoms. The Balaban J connectivity index is 0.831. The van der Waals surface area contributed by atoms with Crippen molar-refractivity contribution in [2.75, 3.05) is 62.4 Å². The van der Waals surface area contributed by atoms with Crippen LogP contribution in [0.1, 0.15) is 123 Å². The second-order valence-electron chi connectivity index (χ2n) is 24.7. The lowest BCUT2D eigenvalue weighted by atomic mass is 9.75. The van der Waals surface area contributed by atoms with Gasteiger partial charge in [0, 0.05) is 72.0 Å². The van der Waals surface area contributed by atoms with Crippen molar-refractivity contribution in [3.8, 4) is 11.1 Å². The first-order chi connectivity index (χ1) is 42.3. The Hall–Kier alpha value is -7.73. The van der Waals surface area contributed by atoms with Crippen molar-refractivity contribution in [1.29, 1.82) is 0 Å². The second kappa shape index (κ2) is 26.2. The van der Waals surface area contributed by atoms with Crippen molar-refractivity contribution in [3.05, 3.63) is 208 Å². The van der Waals surface area contributed by atoms with E-state index >= 15 is 0 Å². The van der Waals surface area contributed by atoms with Gasteiger partial charge in [-0.05, 0) is 155 Å². The van der Waals surface area contributed by atoms with Gasteiger partial charge < -0.3 is 25.0 Å². The summed E-state index contributed by atoms with van der Waals surface area (Å²) < 4.78 is 80.4. The topological polar surface area (TPSA) is 192 Å². The van der Waals surface area contributed by atoms with Gasteiger partial charge in [-0.2, -0.15) is 21.4 Å². The molecule has 2 aliphatic heterocycles. The van der Waals surface area contributed by atoms with Crippen molar-refractivity contribution in [3.63, 3.8) is 0 Å². The van der Waals surface area contributed by atoms with Gasteiger partial charge >= 0.3 is 6.09 Å². The third-order valence-electron chi connectivity index (χ3n) is 18.2. The third-order valence-corrected chi connectivity index (χ3v) is 19.8. The number of nitrogens with one attached hydrogen (secondary N) is 2. The highest BCUT2D eigenvalue weighted by Crippen LogP contribution is 2.52. The Morgan fingerprint density at radius 2 is 1.27 bits per heavy atom. The highest BCUT2D eigenvalue weighted by atomic mass is 32.2. The molecule has 1 unspecified atom stereocenters. The van der Waals surface area contributed by atoms with Crippen LogP contribution in [0.25, 0.3) is 38.2 Å². The molecule has 0 saturated carbocycles. The average Bonchev–Trinajstić information content (AvgIpc) is 1.60. The Kier molecular flexibility index (Phi) is 18.4. The van der Waals surface area contributed by atoms with Gasteiger partial charge in [0.05, 0.1) is 30.1 Å². The largest absolute Gasteiger partial charge is 0.449 e. The van der Waals surface area contributed by atoms with Crippen LogP contribution in [0.15, 0.2) is 175 Å². The zero-order chi connectivity index (χ0) is 61.8. The number of anilines is 1. The molecule has 0 fully saturated rings. The molecule has 0 bridgehead atoms. The summed E-state index contributed by atoms with van der Waals surface area (Å²) in [5.74, 6) is -0.796. The number of alkyl carbamates (subject to hydrolysis) is 1. The zero-order valence-electron chi connectivity index (χ0n) is 50.6. The van der Waals surface area contributed by atoms with Crippen LogP contribution in [-0.4, -0.2) is 106 Å². The highest BCUT2D eigenvalue weighted by Gasteiger charge is 2.46. The summed E-state index contributed by atoms with van der Waals surface area (Å²) in [5, 5.41) is 10.4. The molecule has 1 atom stereocenters. The smallest absolute Gasteiger partial charge is 0.407 e. The summed E-state index contributed by atoms with van der Waals surface area (Å²) in [4.78, 5) is 28.8. The van der Waals surface area contributed by atoms with E-state index in [9.17, 15) is 35.5 Å². The van der Waals surface area contributed by atoms with E-state index in [2.05, 4.69) is 157 Å². The lowest BCUT2D eigenvalue weighted by Crippen LogP contribution is -2.31. The van der Waals surface area contributed by atoms with Gasteiger partial charge in [0.15, 0.2) is 5.71 Å². The lowest BCUT2D eigenvalue weighted by Gasteiger charge is -2.31. The first kappa shape index (κ1) is 61.9. The molecule has 4 N–H and O–H groups in total. The van der Waals surface area contributed by atoms with Crippen LogP contribution in [0.3, 0.4) is 0 Å². The highest BCUT2D eigenvalue weighted by molar-refractivity contribution is 7.86. The molecule has 11 rings (SSSR count). The summed E-state index contributed by atoms with van der Waals surface area (Å²) in [7, 11) is -8.23. The van der Waals surface area contributed by atoms with E-state index < -0.39 is 37.2 Å². The fraction of sp³-hybridized carbons (Fsp3) is 0.347. The molecular weight excluding hydrogens is 1140 g/mol. The third kappa shape index (κ3) is 13.3. The number of hydrogen-bond acceptors (Lipinski definition) is 9. The van der Waals surface area contributed by atoms with Gasteiger partial charge in [-0.1, -0.05) is 141 Å². The molecule has 2 amide bonds. The van der Waals surface area contributed by atoms with Crippen LogP contribution < -0.4 is 15.5 Å². The SMILES string of the molecule is CC1(C)C(=CCC2CCCC(C=CC3=[N+](CCCCS(=O)(=O)O)c4ccc5ccccc5c4C3(C)C)=C2c2ccc(C(=O)NCCOCCNC(=O)OCC3c4ccccc4-c4ccccc43)cc2)N(CCCCS(=O)(=O)O)c2ccc3ccccc3c21. The van der Waals surface area contributed by atoms with Crippen molar-refractivity contribution in [2.24, 2.45) is 5.92 Å². The molecule has 4 aliphatic rings. The van der Waals surface area contributed by atoms with E-state index in [-0.39, 0.29) is 62.2 Å². The molecule has 7 aromatic rings. The van der Waals surface area contributed by atoms with E-state index in [1.807, 2.05) is 54.6 Å². The first-order valence-corrected chi connectivity index (χ1v) is 34.0. The summed E-state index contributed by atoms with van der Waals surface area (Å²) in [6, 6.07) is 49.8. The molecule has 2 heterocycles. The molecule has 458 valence electrons. The number of amides is 2. The number of benzene rings is 7. The maximum absolute atomic E-state index is 13.7. The molecule has 14 nitrogen and oxygen atoms in total. The monoisotopic (exact) mass is 1220 g/mol. The van der Waals surface area contributed by atoms with Crippen molar-refractivity contribution in [2.45, 2.75) is 95.8 Å². The number of fused-ring (bicyclic) bond motifs is 9. The maximum atomic E-state index is 13.7. The van der Waals surface area contributed by atoms with E-state index in [4.69, 9.17) is 9.47 Å². The van der Waals surface area contributed by atoms with Gasteiger partial charge in [0.2, 0.25) is 5.69 Å². The average molecular weight is 1220 g/mol. The van der Waals surface area contributed by atoms with Crippen LogP contribution >= 0.6 is 0 Å². The van der Waals surface area contributed by atoms with Crippen molar-refractivity contribution in [1.82, 2.24) is 10.6 Å². The molecular formula is C72H79N4O10S2+. The van der Waals surface area contributed by atoms with E-state index in [0.717, 1.165) is 86.0 Å². The summed E-state index contributed by atoms with van der Waals surface area (Å²) in [5.41, 5.74) is 14.5. The lowest BCUT2D eigenvalue weighted by molar-refractivity contribution is -0.438. The quantitative estimate of drug-likeness (QED) is 0.0256. The second-order valence-corrected chi connectivity index (χ2v) is 27.8. The molecule has 2 aliphatic carbocycles. The minimum absolute atomic E-state index is 0.0364. The number of allylic oxidation sites excluding steroid dienone is 6. The molecule has 7 aromatic carbocycles. The number of ether oxygens (including phenoxy) is 2. The minimum atomic E-state index is -4.12. The van der Waals surface area contributed by atoms with Crippen molar-refractivity contribution < 1.29 is 49.6 Å². The van der Waals surface area contributed by atoms with Crippen molar-refractivity contribution >= 4 is 76.4 Å². The predicted molar refractivity (Wildman–Crippen MR) is 351 cm³/mol. The van der Waals surface area contributed by atoms with Crippen LogP contribution in [-0.2, 0) is 40.5 Å². The maximum Gasteiger partial charge on any atom is 0.407 e. The van der Waals surface area contributed by atoms with Gasteiger partial charge in [-0.15, -0.1) is 0 Å². The predicted octanol–water partition coefficient (Wildman–Crippen LogP) is 13.9. The number of hydrogen-bond donors (Lipinski definition) is 4. The van der Waals surface area contributed by atoms with Crippen LogP contribution in [0.4, 0.5) is 16.2 Å². The normalized spacial score (nSPS) is 17.5. The first-order valence-electron chi connectivity index (χ1n) is 30.8. The Labute approximate surface area is 517 Å². The van der Waals surface area contributed by atoms with E-state index in [0.29, 0.717) is 50.8 Å². The van der Waals surface area contributed by atoms with Gasteiger partial charge in [-0.25, -0.2) is 4.79 Å². The van der Waals surface area contributed by atoms with Crippen LogP contribution in [0, 0.1) is 5.92 Å². The van der Waals surface area contributed by atoms with Gasteiger partial charge in [-0.3, -0.25) is 13.9 Å². The number of rotatable bonds is 24. The van der Waals surface area contributed by atoms with Crippen LogP contribution in [0.5, 0.6) is 0 Å². The fourth-order valence-corrected chi connectivity index (χ4v) is 15.3. The fourth-order valence-electron chi connectivity index (χ4n) is 14.2. The summed E-state index contributed by atoms with van der Waals surface area (Å²) in [6.07, 6.45) is 11.6. The zero-order valence-corrected chi connectivity index (χ0v) is 52.3. The molecule has 16 heteroatoms. The van der Waals surface area contributed by atoms with E-state index in [1.165, 1.54) is 27.7 Å². The summed E-state index contributed by atoms with van der Waals surface area (Å²) >= 11 is 0. The summed E-state index contributed by atoms with van der Waals surface area (Å²) in [6.45, 7) is 11.4. The molecule has 0 spiro atoms. The van der Waals surface area contributed by atoms with E-state index in [1.54, 1.807) is 0 Å². The van der Waals surface area contributed by atoms with Crippen LogP contribution in [0.2, 0.25) is 0 Å². The van der Waals surface area contributed by atoms with Gasteiger partial charge in [0.25, 0.3) is 26.1 Å². The number of carbonyl (C=O) groups is 2. The number of carbonyl (C=O) groups excluding carboxylic acids is 2. The Morgan fingerprint density at radius 3 is 1.94 bits per heavy atom. The number of unbranched alkanes of at least 4 members (excludes halogenated alkanes) is 2. The minimum Gasteiger partial charge on any atom is -0.449 e. The molecule has 0 aromatic heterocycles. The Morgan fingerprint density at radius 1 is 0.670 bits per heavy atom. The van der Waals surface area contributed by atoms with Gasteiger partial charge in [0.1, 0.15) is 13.2 Å². The Bertz CT molecular complexity index is 4120. The number of nitrogens with zero attached hydrogens (tertiary/aromatic N) is 2. The standard InChI is InChI=1S/C72H78N4O10S2/c1-71(2)64(75(42-13-15-46-87(79,80)81)62-36-32-49-18-5-7-22-55(49)67(62)71)38-34-51-20-17-21-52(35-39-65-72(3,4)68-56-23-8-6-19-50(56)33-37-63(68)76(65)43-14-16-47-88(82,83)84)66(51)53-28-30-54(31-29-53)69(77)73-40-44-85-45-41-74-70(78)86-48-61-59-26-11-9-24-57(59)58-25-10-12-27-60(58)61/h5-12,18-19,22-34,36-39,52,61H,13-17,20-21,35,40-48H2,1-4H3,(H3-,73,74,77,78,79,80,81,82,83,84)/p+1.